The van der Waals surface area contributed by atoms with Crippen molar-refractivity contribution in [2.45, 2.75) is 19.4 Å². The number of hydrogen-bond acceptors (Lipinski definition) is 4. The van der Waals surface area contributed by atoms with Crippen LogP contribution in [0.3, 0.4) is 0 Å². The molecule has 1 atom stereocenters. The summed E-state index contributed by atoms with van der Waals surface area (Å²) in [6.45, 7) is 3.45. The maximum absolute atomic E-state index is 5.44. The molecular weight excluding hydrogens is 230 g/mol. The van der Waals surface area contributed by atoms with Crippen LogP contribution in [0.25, 0.3) is 0 Å². The molecule has 0 aliphatic rings. The summed E-state index contributed by atoms with van der Waals surface area (Å²) in [6.07, 6.45) is 0.900. The molecule has 0 aromatic heterocycles. The Morgan fingerprint density at radius 3 is 2.44 bits per heavy atom. The van der Waals surface area contributed by atoms with Crippen molar-refractivity contribution >= 4 is 0 Å². The third-order valence-electron chi connectivity index (χ3n) is 2.86. The van der Waals surface area contributed by atoms with Crippen LogP contribution in [0.15, 0.2) is 18.2 Å². The van der Waals surface area contributed by atoms with E-state index in [9.17, 15) is 0 Å². The normalized spacial score (nSPS) is 12.2. The van der Waals surface area contributed by atoms with Gasteiger partial charge in [0.2, 0.25) is 0 Å². The van der Waals surface area contributed by atoms with Crippen molar-refractivity contribution in [2.75, 3.05) is 34.5 Å². The van der Waals surface area contributed by atoms with Gasteiger partial charge in [0.25, 0.3) is 0 Å². The van der Waals surface area contributed by atoms with Crippen LogP contribution in [-0.4, -0.2) is 40.5 Å². The largest absolute Gasteiger partial charge is 0.493 e. The smallest absolute Gasteiger partial charge is 0.160 e. The molecular formula is C14H23NO3. The molecule has 0 fully saturated rings. The van der Waals surface area contributed by atoms with E-state index in [0.717, 1.165) is 24.5 Å². The van der Waals surface area contributed by atoms with Gasteiger partial charge in [-0.2, -0.15) is 0 Å². The van der Waals surface area contributed by atoms with Gasteiger partial charge in [0, 0.05) is 12.6 Å². The van der Waals surface area contributed by atoms with Gasteiger partial charge in [-0.05, 0) is 38.1 Å². The second-order valence-electron chi connectivity index (χ2n) is 4.04. The van der Waals surface area contributed by atoms with Crippen LogP contribution in [0.5, 0.6) is 11.5 Å². The third kappa shape index (κ3) is 4.20. The molecule has 1 rings (SSSR count). The summed E-state index contributed by atoms with van der Waals surface area (Å²) >= 11 is 0. The lowest BCUT2D eigenvalue weighted by molar-refractivity contribution is 0.125. The number of ether oxygens (including phenoxy) is 3. The molecule has 102 valence electrons. The molecule has 4 nitrogen and oxygen atoms in total. The van der Waals surface area contributed by atoms with Crippen LogP contribution in [0.2, 0.25) is 0 Å². The van der Waals surface area contributed by atoms with Gasteiger partial charge in [-0.3, -0.25) is 0 Å². The molecule has 18 heavy (non-hydrogen) atoms. The second kappa shape index (κ2) is 7.95. The van der Waals surface area contributed by atoms with E-state index in [4.69, 9.17) is 14.2 Å². The van der Waals surface area contributed by atoms with Gasteiger partial charge in [-0.1, -0.05) is 6.07 Å². The quantitative estimate of drug-likeness (QED) is 0.768. The molecule has 0 bridgehead atoms. The van der Waals surface area contributed by atoms with Crippen molar-refractivity contribution in [3.05, 3.63) is 23.8 Å². The first-order chi connectivity index (χ1) is 8.74. The molecule has 0 saturated carbocycles. The highest BCUT2D eigenvalue weighted by Gasteiger charge is 2.10. The molecule has 0 aliphatic carbocycles. The topological polar surface area (TPSA) is 39.7 Å². The van der Waals surface area contributed by atoms with Gasteiger partial charge >= 0.3 is 0 Å². The highest BCUT2D eigenvalue weighted by atomic mass is 16.5. The molecule has 0 saturated heterocycles. The molecule has 4 heteroatoms. The Labute approximate surface area is 109 Å². The minimum absolute atomic E-state index is 0.308. The summed E-state index contributed by atoms with van der Waals surface area (Å²) in [5.74, 6) is 1.52. The van der Waals surface area contributed by atoms with Crippen molar-refractivity contribution in [3.63, 3.8) is 0 Å². The van der Waals surface area contributed by atoms with Crippen LogP contribution >= 0.6 is 0 Å². The zero-order valence-corrected chi connectivity index (χ0v) is 11.7. The minimum atomic E-state index is 0.308. The summed E-state index contributed by atoms with van der Waals surface area (Å²) in [7, 11) is 5.24. The van der Waals surface area contributed by atoms with E-state index in [1.54, 1.807) is 14.2 Å². The van der Waals surface area contributed by atoms with Crippen LogP contribution < -0.4 is 14.8 Å². The van der Waals surface area contributed by atoms with Crippen molar-refractivity contribution in [1.29, 1.82) is 0 Å². The van der Waals surface area contributed by atoms with E-state index >= 15 is 0 Å². The van der Waals surface area contributed by atoms with Gasteiger partial charge < -0.3 is 19.5 Å². The number of nitrogens with one attached hydrogen (secondary N) is 1. The van der Waals surface area contributed by atoms with Gasteiger partial charge in [0.1, 0.15) is 0 Å². The van der Waals surface area contributed by atoms with Gasteiger partial charge in [0.05, 0.1) is 20.8 Å². The number of likely N-dealkylation sites (N-methyl/N-ethyl adjacent to an activating group) is 1. The fourth-order valence-corrected chi connectivity index (χ4v) is 1.80. The number of methoxy groups -OCH3 is 2. The first-order valence-electron chi connectivity index (χ1n) is 6.21. The highest BCUT2D eigenvalue weighted by molar-refractivity contribution is 5.43. The Morgan fingerprint density at radius 2 is 1.89 bits per heavy atom. The molecule has 1 aromatic carbocycles. The fraction of sp³-hybridized carbons (Fsp3) is 0.571. The SMILES string of the molecule is CCOCC(Cc1ccc(OC)c(OC)c1)NC. The molecule has 1 N–H and O–H groups in total. The maximum atomic E-state index is 5.44. The lowest BCUT2D eigenvalue weighted by Gasteiger charge is -2.17. The molecule has 0 aliphatic heterocycles. The Balaban J connectivity index is 2.71. The first kappa shape index (κ1) is 14.8. The number of rotatable bonds is 8. The first-order valence-corrected chi connectivity index (χ1v) is 6.21. The average molecular weight is 253 g/mol. The Kier molecular flexibility index (Phi) is 6.54. The standard InChI is InChI=1S/C14H23NO3/c1-5-18-10-12(15-2)8-11-6-7-13(16-3)14(9-11)17-4/h6-7,9,12,15H,5,8,10H2,1-4H3. The summed E-state index contributed by atoms with van der Waals surface area (Å²) < 4.78 is 16.0. The van der Waals surface area contributed by atoms with E-state index < -0.39 is 0 Å². The lowest BCUT2D eigenvalue weighted by Crippen LogP contribution is -2.32. The second-order valence-corrected chi connectivity index (χ2v) is 4.04. The highest BCUT2D eigenvalue weighted by Crippen LogP contribution is 2.27. The predicted octanol–water partition coefficient (Wildman–Crippen LogP) is 1.87. The summed E-state index contributed by atoms with van der Waals surface area (Å²) in [6, 6.07) is 6.30. The van der Waals surface area contributed by atoms with E-state index in [1.807, 2.05) is 26.1 Å². The van der Waals surface area contributed by atoms with Crippen LogP contribution in [0, 0.1) is 0 Å². The molecule has 1 unspecified atom stereocenters. The van der Waals surface area contributed by atoms with Crippen molar-refractivity contribution in [1.82, 2.24) is 5.32 Å². The molecule has 0 heterocycles. The monoisotopic (exact) mass is 253 g/mol. The van der Waals surface area contributed by atoms with Crippen molar-refractivity contribution in [3.8, 4) is 11.5 Å². The van der Waals surface area contributed by atoms with Crippen LogP contribution in [0.1, 0.15) is 12.5 Å². The summed E-state index contributed by atoms with van der Waals surface area (Å²) in [4.78, 5) is 0. The van der Waals surface area contributed by atoms with Gasteiger partial charge in [0.15, 0.2) is 11.5 Å². The minimum Gasteiger partial charge on any atom is -0.493 e. The van der Waals surface area contributed by atoms with E-state index in [2.05, 4.69) is 11.4 Å². The fourth-order valence-electron chi connectivity index (χ4n) is 1.80. The summed E-state index contributed by atoms with van der Waals surface area (Å²) in [5, 5.41) is 3.25. The van der Waals surface area contributed by atoms with E-state index in [1.165, 1.54) is 5.56 Å². The third-order valence-corrected chi connectivity index (χ3v) is 2.86. The van der Waals surface area contributed by atoms with Gasteiger partial charge in [-0.15, -0.1) is 0 Å². The zero-order chi connectivity index (χ0) is 13.4. The van der Waals surface area contributed by atoms with E-state index in [0.29, 0.717) is 12.6 Å². The average Bonchev–Trinajstić information content (AvgIpc) is 2.43. The van der Waals surface area contributed by atoms with Crippen molar-refractivity contribution < 1.29 is 14.2 Å². The Morgan fingerprint density at radius 1 is 1.17 bits per heavy atom. The molecule has 1 aromatic rings. The van der Waals surface area contributed by atoms with E-state index in [-0.39, 0.29) is 0 Å². The number of hydrogen-bond donors (Lipinski definition) is 1. The molecule has 0 amide bonds. The van der Waals surface area contributed by atoms with Crippen LogP contribution in [-0.2, 0) is 11.2 Å². The predicted molar refractivity (Wildman–Crippen MR) is 72.6 cm³/mol. The number of benzene rings is 1. The summed E-state index contributed by atoms with van der Waals surface area (Å²) in [5.41, 5.74) is 1.20. The van der Waals surface area contributed by atoms with Crippen molar-refractivity contribution in [2.24, 2.45) is 0 Å². The molecule has 0 radical (unpaired) electrons. The maximum Gasteiger partial charge on any atom is 0.160 e. The van der Waals surface area contributed by atoms with Gasteiger partial charge in [-0.25, -0.2) is 0 Å². The lowest BCUT2D eigenvalue weighted by atomic mass is 10.1. The van der Waals surface area contributed by atoms with Crippen LogP contribution in [0.4, 0.5) is 0 Å². The Hall–Kier alpha value is -1.26. The molecule has 0 spiro atoms. The zero-order valence-electron chi connectivity index (χ0n) is 11.7. The Bertz CT molecular complexity index is 355.